The second kappa shape index (κ2) is 67.3. The van der Waals surface area contributed by atoms with E-state index in [4.69, 9.17) is 4.74 Å². The Kier molecular flexibility index (Phi) is 65.4. The Bertz CT molecular complexity index is 1310. The third-order valence-corrected chi connectivity index (χ3v) is 16.1. The fourth-order valence-electron chi connectivity index (χ4n) is 10.7. The summed E-state index contributed by atoms with van der Waals surface area (Å²) in [6, 6.07) is -0.635. The quantitative estimate of drug-likeness (QED) is 0.0320. The molecule has 0 rings (SSSR count). The van der Waals surface area contributed by atoms with E-state index < -0.39 is 12.1 Å². The van der Waals surface area contributed by atoms with Crippen LogP contribution in [0.1, 0.15) is 373 Å². The van der Waals surface area contributed by atoms with Crippen LogP contribution in [0.3, 0.4) is 0 Å². The van der Waals surface area contributed by atoms with Crippen LogP contribution in [-0.2, 0) is 14.3 Å². The highest BCUT2D eigenvalue weighted by Gasteiger charge is 2.18. The van der Waals surface area contributed by atoms with Gasteiger partial charge in [0, 0.05) is 12.8 Å². The van der Waals surface area contributed by atoms with Crippen LogP contribution >= 0.6 is 0 Å². The number of nitrogens with one attached hydrogen (secondary N) is 1. The van der Waals surface area contributed by atoms with Crippen molar-refractivity contribution < 1.29 is 24.5 Å². The maximum absolute atomic E-state index is 12.5. The standard InChI is InChI=1S/C72H135NO5/c1-3-5-7-9-11-13-15-17-19-20-21-22-24-27-30-33-37-40-44-48-52-56-60-64-70(75)69(68-74)73-71(76)65-61-57-53-49-45-41-38-34-31-28-25-23-26-29-32-35-39-43-47-51-55-59-63-67-78-72(77)66-62-58-54-50-46-42-36-18-16-14-12-10-8-6-4-2/h12,14,18,28,31,36,60,64,69-70,74-75H,3-11,13,15-17,19-27,29-30,32-35,37-59,61-63,65-68H2,1-2H3,(H,73,76)/b14-12-,31-28-,36-18-,64-60+. The Morgan fingerprint density at radius 3 is 1.01 bits per heavy atom. The average molecular weight is 1090 g/mol. The molecule has 0 aliphatic rings. The van der Waals surface area contributed by atoms with Gasteiger partial charge in [0.1, 0.15) is 0 Å². The number of rotatable bonds is 65. The molecule has 6 heteroatoms. The van der Waals surface area contributed by atoms with Crippen molar-refractivity contribution in [2.24, 2.45) is 0 Å². The number of ether oxygens (including phenoxy) is 1. The Labute approximate surface area is 486 Å². The van der Waals surface area contributed by atoms with Gasteiger partial charge in [-0.1, -0.05) is 319 Å². The zero-order valence-electron chi connectivity index (χ0n) is 52.4. The first-order chi connectivity index (χ1) is 38.5. The number of carbonyl (C=O) groups excluding carboxylic acids is 2. The van der Waals surface area contributed by atoms with Crippen LogP contribution in [0.15, 0.2) is 48.6 Å². The van der Waals surface area contributed by atoms with Crippen molar-refractivity contribution in [3.63, 3.8) is 0 Å². The number of esters is 1. The van der Waals surface area contributed by atoms with E-state index in [0.717, 1.165) is 57.8 Å². The van der Waals surface area contributed by atoms with Gasteiger partial charge in [-0.15, -0.1) is 0 Å². The molecule has 2 atom stereocenters. The van der Waals surface area contributed by atoms with Crippen molar-refractivity contribution in [1.82, 2.24) is 5.32 Å². The van der Waals surface area contributed by atoms with Crippen molar-refractivity contribution in [3.8, 4) is 0 Å². The third kappa shape index (κ3) is 63.0. The maximum Gasteiger partial charge on any atom is 0.305 e. The topological polar surface area (TPSA) is 95.9 Å². The van der Waals surface area contributed by atoms with Crippen molar-refractivity contribution in [1.29, 1.82) is 0 Å². The number of unbranched alkanes of at least 4 members (excludes halogenated alkanes) is 48. The van der Waals surface area contributed by atoms with E-state index in [-0.39, 0.29) is 18.5 Å². The predicted molar refractivity (Wildman–Crippen MR) is 342 cm³/mol. The molecule has 78 heavy (non-hydrogen) atoms. The lowest BCUT2D eigenvalue weighted by atomic mass is 10.0. The largest absolute Gasteiger partial charge is 0.466 e. The van der Waals surface area contributed by atoms with Crippen LogP contribution in [0.4, 0.5) is 0 Å². The minimum atomic E-state index is -0.851. The first-order valence-corrected chi connectivity index (χ1v) is 34.9. The highest BCUT2D eigenvalue weighted by molar-refractivity contribution is 5.76. The van der Waals surface area contributed by atoms with Gasteiger partial charge in [0.25, 0.3) is 0 Å². The Balaban J connectivity index is 3.45. The number of amides is 1. The van der Waals surface area contributed by atoms with E-state index in [1.54, 1.807) is 6.08 Å². The molecule has 1 amide bonds. The van der Waals surface area contributed by atoms with Gasteiger partial charge in [0.05, 0.1) is 25.4 Å². The number of hydrogen-bond acceptors (Lipinski definition) is 5. The number of aliphatic hydroxyl groups is 2. The lowest BCUT2D eigenvalue weighted by molar-refractivity contribution is -0.143. The minimum Gasteiger partial charge on any atom is -0.466 e. The van der Waals surface area contributed by atoms with Crippen molar-refractivity contribution >= 4 is 11.9 Å². The molecule has 2 unspecified atom stereocenters. The van der Waals surface area contributed by atoms with Gasteiger partial charge in [0.2, 0.25) is 5.91 Å². The Hall–Kier alpha value is -2.18. The smallest absolute Gasteiger partial charge is 0.305 e. The molecule has 458 valence electrons. The monoisotopic (exact) mass is 1090 g/mol. The first kappa shape index (κ1) is 75.8. The predicted octanol–water partition coefficient (Wildman–Crippen LogP) is 22.5. The molecule has 0 aromatic rings. The molecule has 0 spiro atoms. The summed E-state index contributed by atoms with van der Waals surface area (Å²) in [7, 11) is 0. The van der Waals surface area contributed by atoms with Crippen molar-refractivity contribution in [2.75, 3.05) is 13.2 Å². The molecule has 0 heterocycles. The lowest BCUT2D eigenvalue weighted by Gasteiger charge is -2.20. The van der Waals surface area contributed by atoms with Gasteiger partial charge >= 0.3 is 5.97 Å². The second-order valence-corrected chi connectivity index (χ2v) is 23.9. The third-order valence-electron chi connectivity index (χ3n) is 16.1. The highest BCUT2D eigenvalue weighted by atomic mass is 16.5. The van der Waals surface area contributed by atoms with E-state index in [1.807, 2.05) is 6.08 Å². The maximum atomic E-state index is 12.5. The second-order valence-electron chi connectivity index (χ2n) is 23.9. The SMILES string of the molecule is CCCCC/C=C\C/C=C\CCCCCCCC(=O)OCCCCCCCCCCCCCC/C=C\CCCCCCCCCC(=O)NC(CO)C(O)/C=C/CCCCCCCCCCCCCCCCCCCCCCC. The molecule has 6 nitrogen and oxygen atoms in total. The van der Waals surface area contributed by atoms with Crippen LogP contribution in [-0.4, -0.2) is 47.4 Å². The normalized spacial score (nSPS) is 12.8. The molecular weight excluding hydrogens is 959 g/mol. The van der Waals surface area contributed by atoms with E-state index >= 15 is 0 Å². The van der Waals surface area contributed by atoms with Crippen molar-refractivity contribution in [3.05, 3.63) is 48.6 Å². The molecular formula is C72H135NO5. The Morgan fingerprint density at radius 2 is 0.641 bits per heavy atom. The summed E-state index contributed by atoms with van der Waals surface area (Å²) in [6.45, 7) is 4.89. The van der Waals surface area contributed by atoms with E-state index in [9.17, 15) is 19.8 Å². The average Bonchev–Trinajstić information content (AvgIpc) is 3.44. The van der Waals surface area contributed by atoms with Crippen LogP contribution in [0.5, 0.6) is 0 Å². The number of allylic oxidation sites excluding steroid dienone is 7. The molecule has 0 aromatic carbocycles. The van der Waals surface area contributed by atoms with Crippen LogP contribution < -0.4 is 5.32 Å². The summed E-state index contributed by atoms with van der Waals surface area (Å²) >= 11 is 0. The first-order valence-electron chi connectivity index (χ1n) is 34.9. The van der Waals surface area contributed by atoms with Gasteiger partial charge in [-0.25, -0.2) is 0 Å². The van der Waals surface area contributed by atoms with Gasteiger partial charge in [-0.05, 0) is 89.9 Å². The molecule has 0 radical (unpaired) electrons. The molecule has 3 N–H and O–H groups in total. The van der Waals surface area contributed by atoms with Crippen molar-refractivity contribution in [2.45, 2.75) is 386 Å². The summed E-state index contributed by atoms with van der Waals surface area (Å²) in [5.74, 6) is -0.0742. The van der Waals surface area contributed by atoms with Gasteiger partial charge < -0.3 is 20.3 Å². The summed E-state index contributed by atoms with van der Waals surface area (Å²) in [6.07, 6.45) is 87.5. The molecule has 0 bridgehead atoms. The van der Waals surface area contributed by atoms with Crippen LogP contribution in [0.25, 0.3) is 0 Å². The molecule has 0 saturated heterocycles. The zero-order chi connectivity index (χ0) is 56.4. The summed E-state index contributed by atoms with van der Waals surface area (Å²) < 4.78 is 5.48. The minimum absolute atomic E-state index is 0.00285. The fraction of sp³-hybridized carbons (Fsp3) is 0.861. The zero-order valence-corrected chi connectivity index (χ0v) is 52.4. The van der Waals surface area contributed by atoms with Crippen LogP contribution in [0, 0.1) is 0 Å². The summed E-state index contributed by atoms with van der Waals surface area (Å²) in [5.41, 5.74) is 0. The summed E-state index contributed by atoms with van der Waals surface area (Å²) in [5, 5.41) is 23.3. The van der Waals surface area contributed by atoms with E-state index in [0.29, 0.717) is 19.4 Å². The molecule has 0 aliphatic heterocycles. The fourth-order valence-corrected chi connectivity index (χ4v) is 10.7. The molecule has 0 saturated carbocycles. The van der Waals surface area contributed by atoms with Gasteiger partial charge in [-0.2, -0.15) is 0 Å². The van der Waals surface area contributed by atoms with E-state index in [1.165, 1.54) is 289 Å². The highest BCUT2D eigenvalue weighted by Crippen LogP contribution is 2.18. The molecule has 0 aliphatic carbocycles. The Morgan fingerprint density at radius 1 is 0.359 bits per heavy atom. The van der Waals surface area contributed by atoms with Gasteiger partial charge in [-0.3, -0.25) is 9.59 Å². The lowest BCUT2D eigenvalue weighted by Crippen LogP contribution is -2.45. The number of hydrogen-bond donors (Lipinski definition) is 3. The van der Waals surface area contributed by atoms with Crippen LogP contribution in [0.2, 0.25) is 0 Å². The summed E-state index contributed by atoms with van der Waals surface area (Å²) in [4.78, 5) is 24.6. The van der Waals surface area contributed by atoms with Gasteiger partial charge in [0.15, 0.2) is 0 Å². The number of carbonyl (C=O) groups is 2. The molecule has 0 aromatic heterocycles. The van der Waals surface area contributed by atoms with E-state index in [2.05, 4.69) is 55.6 Å². The molecule has 0 fully saturated rings. The number of aliphatic hydroxyl groups excluding tert-OH is 2.